The Balaban J connectivity index is 4.35. The van der Waals surface area contributed by atoms with E-state index in [1.807, 2.05) is 11.8 Å². The Hall–Kier alpha value is -1.68. The van der Waals surface area contributed by atoms with E-state index in [9.17, 15) is 4.79 Å². The zero-order chi connectivity index (χ0) is 26.1. The van der Waals surface area contributed by atoms with Crippen LogP contribution in [0.1, 0.15) is 93.9 Å². The number of hydrogen-bond acceptors (Lipinski definition) is 3. The van der Waals surface area contributed by atoms with Gasteiger partial charge in [0, 0.05) is 23.2 Å². The highest BCUT2D eigenvalue weighted by Gasteiger charge is 2.21. The van der Waals surface area contributed by atoms with E-state index in [0.29, 0.717) is 6.42 Å². The van der Waals surface area contributed by atoms with Crippen molar-refractivity contribution in [3.8, 4) is 0 Å². The van der Waals surface area contributed by atoms with Gasteiger partial charge in [0.05, 0.1) is 0 Å². The standard InChI is InChI=1S/C30H52N2OS/c1-11-14-28(31-26(6)21-30(8,9)10)29(33)32-27(7)22-34-20-19-25(5)18-13-17-24(4)16-12-15-23(2)3/h11,15,17,19,27-28,31H,1,6,12-14,16,18,20-22H2,2-5,7-10H3,(H,32,33)/b24-17+,25-19+. The topological polar surface area (TPSA) is 41.1 Å². The molecule has 0 aliphatic carbocycles. The van der Waals surface area contributed by atoms with Crippen LogP contribution >= 0.6 is 11.8 Å². The summed E-state index contributed by atoms with van der Waals surface area (Å²) in [5, 5.41) is 6.45. The molecule has 0 aromatic rings. The number of carbonyl (C=O) groups excluding carboxylic acids is 1. The number of amides is 1. The lowest BCUT2D eigenvalue weighted by atomic mass is 9.90. The van der Waals surface area contributed by atoms with Crippen LogP contribution in [0.15, 0.2) is 59.9 Å². The highest BCUT2D eigenvalue weighted by molar-refractivity contribution is 7.99. The molecule has 3 nitrogen and oxygen atoms in total. The Morgan fingerprint density at radius 1 is 0.971 bits per heavy atom. The van der Waals surface area contributed by atoms with Crippen molar-refractivity contribution in [2.24, 2.45) is 5.41 Å². The van der Waals surface area contributed by atoms with E-state index in [-0.39, 0.29) is 23.4 Å². The maximum Gasteiger partial charge on any atom is 0.243 e. The SMILES string of the molecule is C=CCC(NC(=C)CC(C)(C)C)C(=O)NC(C)CSC/C=C(\C)CC/C=C(\C)CCC=C(C)C. The Kier molecular flexibility index (Phi) is 16.8. The first-order chi connectivity index (χ1) is 15.8. The van der Waals surface area contributed by atoms with E-state index in [4.69, 9.17) is 0 Å². The zero-order valence-corrected chi connectivity index (χ0v) is 24.2. The summed E-state index contributed by atoms with van der Waals surface area (Å²) in [6, 6.07) is -0.205. The summed E-state index contributed by atoms with van der Waals surface area (Å²) in [4.78, 5) is 12.8. The summed E-state index contributed by atoms with van der Waals surface area (Å²) < 4.78 is 0. The molecule has 2 unspecified atom stereocenters. The number of carbonyl (C=O) groups is 1. The van der Waals surface area contributed by atoms with Crippen molar-refractivity contribution in [2.75, 3.05) is 11.5 Å². The van der Waals surface area contributed by atoms with E-state index in [1.54, 1.807) is 6.08 Å². The third kappa shape index (κ3) is 18.7. The van der Waals surface area contributed by atoms with Gasteiger partial charge in [-0.3, -0.25) is 4.79 Å². The van der Waals surface area contributed by atoms with Gasteiger partial charge in [-0.25, -0.2) is 0 Å². The lowest BCUT2D eigenvalue weighted by Crippen LogP contribution is -2.47. The Labute approximate surface area is 215 Å². The summed E-state index contributed by atoms with van der Waals surface area (Å²) in [6.07, 6.45) is 14.7. The number of nitrogens with one attached hydrogen (secondary N) is 2. The van der Waals surface area contributed by atoms with Gasteiger partial charge < -0.3 is 10.6 Å². The lowest BCUT2D eigenvalue weighted by Gasteiger charge is -2.25. The Morgan fingerprint density at radius 3 is 2.12 bits per heavy atom. The third-order valence-electron chi connectivity index (χ3n) is 5.27. The molecule has 0 aliphatic rings. The third-order valence-corrected chi connectivity index (χ3v) is 6.41. The van der Waals surface area contributed by atoms with E-state index < -0.39 is 0 Å². The molecule has 2 N–H and O–H groups in total. The van der Waals surface area contributed by atoms with Crippen molar-refractivity contribution in [3.63, 3.8) is 0 Å². The fourth-order valence-electron chi connectivity index (χ4n) is 3.51. The van der Waals surface area contributed by atoms with Gasteiger partial charge in [0.2, 0.25) is 5.91 Å². The van der Waals surface area contributed by atoms with Crippen molar-refractivity contribution in [1.82, 2.24) is 10.6 Å². The molecule has 0 saturated carbocycles. The predicted octanol–water partition coefficient (Wildman–Crippen LogP) is 8.13. The lowest BCUT2D eigenvalue weighted by molar-refractivity contribution is -0.123. The quantitative estimate of drug-likeness (QED) is 0.160. The maximum absolute atomic E-state index is 12.8. The minimum Gasteiger partial charge on any atom is -0.377 e. The van der Waals surface area contributed by atoms with Crippen LogP contribution in [-0.2, 0) is 4.79 Å². The van der Waals surface area contributed by atoms with Gasteiger partial charge in [-0.15, -0.1) is 6.58 Å². The largest absolute Gasteiger partial charge is 0.377 e. The molecule has 34 heavy (non-hydrogen) atoms. The summed E-state index contributed by atoms with van der Waals surface area (Å²) in [7, 11) is 0. The molecule has 2 atom stereocenters. The maximum atomic E-state index is 12.8. The molecule has 0 rings (SSSR count). The molecule has 1 amide bonds. The average Bonchev–Trinajstić information content (AvgIpc) is 2.69. The van der Waals surface area contributed by atoms with E-state index in [1.165, 1.54) is 16.7 Å². The highest BCUT2D eigenvalue weighted by Crippen LogP contribution is 2.22. The van der Waals surface area contributed by atoms with Gasteiger partial charge in [-0.1, -0.05) is 68.4 Å². The number of hydrogen-bond donors (Lipinski definition) is 2. The number of allylic oxidation sites excluding steroid dienone is 6. The molecule has 0 aromatic carbocycles. The normalized spacial score (nSPS) is 14.2. The first-order valence-electron chi connectivity index (χ1n) is 12.7. The smallest absolute Gasteiger partial charge is 0.243 e. The van der Waals surface area contributed by atoms with Crippen LogP contribution in [0, 0.1) is 5.41 Å². The highest BCUT2D eigenvalue weighted by atomic mass is 32.2. The molecule has 0 saturated heterocycles. The number of thioether (sulfide) groups is 1. The zero-order valence-electron chi connectivity index (χ0n) is 23.4. The van der Waals surface area contributed by atoms with Gasteiger partial charge in [-0.05, 0) is 78.6 Å². The molecule has 0 spiro atoms. The fraction of sp³-hybridized carbons (Fsp3) is 0.633. The van der Waals surface area contributed by atoms with Crippen molar-refractivity contribution >= 4 is 17.7 Å². The fourth-order valence-corrected chi connectivity index (χ4v) is 4.48. The van der Waals surface area contributed by atoms with Crippen LogP contribution in [0.3, 0.4) is 0 Å². The molecular formula is C30H52N2OS. The Morgan fingerprint density at radius 2 is 1.56 bits per heavy atom. The van der Waals surface area contributed by atoms with Crippen LogP contribution in [0.4, 0.5) is 0 Å². The van der Waals surface area contributed by atoms with E-state index in [2.05, 4.69) is 97.4 Å². The van der Waals surface area contributed by atoms with Gasteiger partial charge in [0.25, 0.3) is 0 Å². The van der Waals surface area contributed by atoms with Crippen LogP contribution < -0.4 is 10.6 Å². The summed E-state index contributed by atoms with van der Waals surface area (Å²) in [5.74, 6) is 1.89. The molecule has 194 valence electrons. The Bertz CT molecular complexity index is 721. The number of rotatable bonds is 17. The molecule has 0 heterocycles. The molecular weight excluding hydrogens is 436 g/mol. The molecule has 0 fully saturated rings. The van der Waals surface area contributed by atoms with Crippen molar-refractivity contribution < 1.29 is 4.79 Å². The van der Waals surface area contributed by atoms with Crippen molar-refractivity contribution in [2.45, 2.75) is 106 Å². The monoisotopic (exact) mass is 488 g/mol. The first kappa shape index (κ1) is 32.3. The summed E-state index contributed by atoms with van der Waals surface area (Å²) >= 11 is 1.86. The van der Waals surface area contributed by atoms with Gasteiger partial charge in [-0.2, -0.15) is 11.8 Å². The second kappa shape index (κ2) is 17.7. The minimum absolute atomic E-state index is 0.0153. The second-order valence-electron chi connectivity index (χ2n) is 11.0. The van der Waals surface area contributed by atoms with Crippen molar-refractivity contribution in [3.05, 3.63) is 59.9 Å². The summed E-state index contributed by atoms with van der Waals surface area (Å²) in [6.45, 7) is 25.3. The molecule has 0 radical (unpaired) electrons. The van der Waals surface area contributed by atoms with Crippen LogP contribution in [0.5, 0.6) is 0 Å². The van der Waals surface area contributed by atoms with Crippen LogP contribution in [0.2, 0.25) is 0 Å². The van der Waals surface area contributed by atoms with Gasteiger partial charge in [0.15, 0.2) is 0 Å². The van der Waals surface area contributed by atoms with Gasteiger partial charge in [0.1, 0.15) is 6.04 Å². The second-order valence-corrected chi connectivity index (χ2v) is 12.0. The van der Waals surface area contributed by atoms with Crippen LogP contribution in [0.25, 0.3) is 0 Å². The molecule has 0 bridgehead atoms. The molecule has 0 aliphatic heterocycles. The van der Waals surface area contributed by atoms with Crippen LogP contribution in [-0.4, -0.2) is 29.5 Å². The molecule has 0 aromatic heterocycles. The van der Waals surface area contributed by atoms with Gasteiger partial charge >= 0.3 is 0 Å². The average molecular weight is 489 g/mol. The van der Waals surface area contributed by atoms with E-state index >= 15 is 0 Å². The minimum atomic E-state index is -0.319. The molecule has 4 heteroatoms. The van der Waals surface area contributed by atoms with E-state index in [0.717, 1.165) is 49.3 Å². The predicted molar refractivity (Wildman–Crippen MR) is 155 cm³/mol. The first-order valence-corrected chi connectivity index (χ1v) is 13.9. The van der Waals surface area contributed by atoms with Crippen molar-refractivity contribution in [1.29, 1.82) is 0 Å². The summed E-state index contributed by atoms with van der Waals surface area (Å²) in [5.41, 5.74) is 5.35.